The van der Waals surface area contributed by atoms with Gasteiger partial charge in [0.15, 0.2) is 0 Å². The van der Waals surface area contributed by atoms with Gasteiger partial charge in [0.2, 0.25) is 23.5 Å². The van der Waals surface area contributed by atoms with E-state index in [0.717, 1.165) is 0 Å². The molecule has 4 N–H and O–H groups in total. The monoisotopic (exact) mass is 644 g/mol. The fourth-order valence-electron chi connectivity index (χ4n) is 4.60. The molecule has 0 aliphatic heterocycles. The highest BCUT2D eigenvalue weighted by Crippen LogP contribution is 2.29. The lowest BCUT2D eigenvalue weighted by Gasteiger charge is -2.25. The molecule has 4 rings (SSSR count). The predicted octanol–water partition coefficient (Wildman–Crippen LogP) is 3.62. The normalized spacial score (nSPS) is 10.6. The van der Waals surface area contributed by atoms with Gasteiger partial charge in [-0.2, -0.15) is 0 Å². The van der Waals surface area contributed by atoms with Gasteiger partial charge in [0, 0.05) is 61.8 Å². The van der Waals surface area contributed by atoms with E-state index in [9.17, 15) is 29.8 Å². The Morgan fingerprint density at radius 2 is 1.43 bits per heavy atom. The summed E-state index contributed by atoms with van der Waals surface area (Å²) in [5.41, 5.74) is 6.60. The van der Waals surface area contributed by atoms with E-state index in [1.807, 2.05) is 6.92 Å². The number of nitrogens with zero attached hydrogens (tertiary/aromatic N) is 7. The molecule has 17 nitrogen and oxygen atoms in total. The number of carbonyl (C=O) groups is 2. The summed E-state index contributed by atoms with van der Waals surface area (Å²) in [5, 5.41) is 28.9. The van der Waals surface area contributed by atoms with Crippen molar-refractivity contribution in [1.82, 2.24) is 19.9 Å². The number of nitrogens with one attached hydrogen (secondary N) is 2. The molecule has 0 saturated carbocycles. The number of aryl methyl sites for hydroxylation is 1. The average molecular weight is 645 g/mol. The van der Waals surface area contributed by atoms with Crippen LogP contribution < -0.4 is 21.3 Å². The summed E-state index contributed by atoms with van der Waals surface area (Å²) in [7, 11) is 0. The number of primary amides is 1. The molecule has 17 heteroatoms. The number of carbonyl (C=O) groups excluding carboxylic acids is 2. The number of aromatic nitrogens is 4. The Kier molecular flexibility index (Phi) is 11.2. The van der Waals surface area contributed by atoms with Crippen LogP contribution in [0.3, 0.4) is 0 Å². The molecule has 244 valence electrons. The van der Waals surface area contributed by atoms with Crippen molar-refractivity contribution in [3.05, 3.63) is 98.0 Å². The van der Waals surface area contributed by atoms with Crippen molar-refractivity contribution in [3.63, 3.8) is 0 Å². The fourth-order valence-corrected chi connectivity index (χ4v) is 4.60. The van der Waals surface area contributed by atoms with Gasteiger partial charge in [0.25, 0.3) is 0 Å². The van der Waals surface area contributed by atoms with Crippen LogP contribution in [0, 0.1) is 20.2 Å². The molecule has 0 unspecified atom stereocenters. The van der Waals surface area contributed by atoms with Crippen molar-refractivity contribution in [2.75, 3.05) is 48.3 Å². The Balaban J connectivity index is 1.73. The van der Waals surface area contributed by atoms with Crippen molar-refractivity contribution < 1.29 is 24.2 Å². The zero-order valence-corrected chi connectivity index (χ0v) is 25.6. The first-order valence-corrected chi connectivity index (χ1v) is 14.5. The summed E-state index contributed by atoms with van der Waals surface area (Å²) in [5.74, 6) is -0.888. The molecule has 3 heterocycles. The Bertz CT molecular complexity index is 1710. The van der Waals surface area contributed by atoms with E-state index in [2.05, 4.69) is 20.6 Å². The maximum atomic E-state index is 13.2. The summed E-state index contributed by atoms with van der Waals surface area (Å²) >= 11 is 0. The Hall–Kier alpha value is -6.26. The Morgan fingerprint density at radius 1 is 0.872 bits per heavy atom. The molecule has 1 aromatic carbocycles. The van der Waals surface area contributed by atoms with Gasteiger partial charge in [-0.25, -0.2) is 24.7 Å². The molecule has 0 aliphatic carbocycles. The number of nitro groups is 2. The number of amides is 1. The molecule has 3 aromatic heterocycles. The van der Waals surface area contributed by atoms with E-state index in [0.29, 0.717) is 17.7 Å². The Labute approximate surface area is 268 Å². The molecule has 47 heavy (non-hydrogen) atoms. The standard InChI is InChI=1S/C30H32N10O7/c1-3-21-24(29(42)47-4-2)25(19-9-11-20(12-10-19)26(31)41)37-30(36-21)38(17-15-34-27-22(39(43)44)7-5-13-32-27)18-16-35-28-23(40(45)46)8-6-14-33-28/h5-14H,3-4,15-18H2,1-2H3,(H2,31,41)(H,32,34)(H,33,35). The van der Waals surface area contributed by atoms with E-state index in [1.54, 1.807) is 24.0 Å². The number of anilines is 3. The predicted molar refractivity (Wildman–Crippen MR) is 172 cm³/mol. The second-order valence-electron chi connectivity index (χ2n) is 9.81. The molecule has 0 spiro atoms. The molecular weight excluding hydrogens is 612 g/mol. The highest BCUT2D eigenvalue weighted by atomic mass is 16.6. The molecule has 0 radical (unpaired) electrons. The minimum Gasteiger partial charge on any atom is -0.462 e. The largest absolute Gasteiger partial charge is 0.462 e. The number of esters is 1. The van der Waals surface area contributed by atoms with Gasteiger partial charge in [-0.1, -0.05) is 19.1 Å². The highest BCUT2D eigenvalue weighted by molar-refractivity contribution is 5.98. The van der Waals surface area contributed by atoms with E-state index in [4.69, 9.17) is 20.4 Å². The summed E-state index contributed by atoms with van der Waals surface area (Å²) in [6, 6.07) is 11.8. The summed E-state index contributed by atoms with van der Waals surface area (Å²) in [6.45, 7) is 4.33. The summed E-state index contributed by atoms with van der Waals surface area (Å²) in [4.78, 5) is 66.1. The van der Waals surface area contributed by atoms with E-state index < -0.39 is 21.7 Å². The fraction of sp³-hybridized carbons (Fsp3) is 0.267. The molecule has 0 fully saturated rings. The lowest BCUT2D eigenvalue weighted by molar-refractivity contribution is -0.384. The number of benzene rings is 1. The number of hydrogen-bond donors (Lipinski definition) is 3. The lowest BCUT2D eigenvalue weighted by atomic mass is 10.0. The van der Waals surface area contributed by atoms with Crippen LogP contribution in [0.1, 0.15) is 40.3 Å². The number of rotatable bonds is 16. The van der Waals surface area contributed by atoms with Crippen LogP contribution in [-0.2, 0) is 11.2 Å². The van der Waals surface area contributed by atoms with Crippen LogP contribution in [0.2, 0.25) is 0 Å². The first kappa shape index (κ1) is 33.6. The molecule has 0 bridgehead atoms. The smallest absolute Gasteiger partial charge is 0.342 e. The van der Waals surface area contributed by atoms with Gasteiger partial charge in [-0.3, -0.25) is 25.0 Å². The van der Waals surface area contributed by atoms with Crippen molar-refractivity contribution in [1.29, 1.82) is 0 Å². The third-order valence-corrected chi connectivity index (χ3v) is 6.83. The second-order valence-corrected chi connectivity index (χ2v) is 9.81. The van der Waals surface area contributed by atoms with Gasteiger partial charge >= 0.3 is 17.3 Å². The highest BCUT2D eigenvalue weighted by Gasteiger charge is 2.25. The van der Waals surface area contributed by atoms with Crippen LogP contribution in [0.15, 0.2) is 60.9 Å². The number of nitrogens with two attached hydrogens (primary N) is 1. The van der Waals surface area contributed by atoms with Crippen LogP contribution in [0.5, 0.6) is 0 Å². The number of hydrogen-bond acceptors (Lipinski definition) is 14. The number of ether oxygens (including phenoxy) is 1. The lowest BCUT2D eigenvalue weighted by Crippen LogP contribution is -2.35. The summed E-state index contributed by atoms with van der Waals surface area (Å²) < 4.78 is 5.33. The van der Waals surface area contributed by atoms with E-state index in [1.165, 1.54) is 48.8 Å². The molecule has 0 saturated heterocycles. The van der Waals surface area contributed by atoms with Gasteiger partial charge < -0.3 is 26.0 Å². The molecule has 4 aromatic rings. The van der Waals surface area contributed by atoms with Gasteiger partial charge in [0.1, 0.15) is 5.56 Å². The zero-order chi connectivity index (χ0) is 33.9. The van der Waals surface area contributed by atoms with Crippen molar-refractivity contribution in [3.8, 4) is 11.3 Å². The topological polar surface area (TPSA) is 235 Å². The Morgan fingerprint density at radius 3 is 1.89 bits per heavy atom. The first-order valence-electron chi connectivity index (χ1n) is 14.5. The number of pyridine rings is 2. The molecule has 0 aliphatic rings. The quantitative estimate of drug-likeness (QED) is 0.0898. The van der Waals surface area contributed by atoms with E-state index in [-0.39, 0.29) is 78.6 Å². The average Bonchev–Trinajstić information content (AvgIpc) is 3.07. The van der Waals surface area contributed by atoms with Crippen LogP contribution in [0.25, 0.3) is 11.3 Å². The maximum absolute atomic E-state index is 13.2. The summed E-state index contributed by atoms with van der Waals surface area (Å²) in [6.07, 6.45) is 3.19. The van der Waals surface area contributed by atoms with E-state index >= 15 is 0 Å². The molecular formula is C30H32N10O7. The van der Waals surface area contributed by atoms with Crippen LogP contribution in [0.4, 0.5) is 29.0 Å². The van der Waals surface area contributed by atoms with Gasteiger partial charge in [-0.05, 0) is 37.6 Å². The van der Waals surface area contributed by atoms with Crippen molar-refractivity contribution >= 4 is 40.8 Å². The maximum Gasteiger partial charge on any atom is 0.342 e. The minimum absolute atomic E-state index is 0.0720. The third kappa shape index (κ3) is 8.27. The van der Waals surface area contributed by atoms with Crippen LogP contribution >= 0.6 is 0 Å². The van der Waals surface area contributed by atoms with Crippen LogP contribution in [-0.4, -0.2) is 74.4 Å². The second kappa shape index (κ2) is 15.6. The third-order valence-electron chi connectivity index (χ3n) is 6.83. The SMILES string of the molecule is CCOC(=O)c1c(CC)nc(N(CCNc2ncccc2[N+](=O)[O-])CCNc2ncccc2[N+](=O)[O-])nc1-c1ccc(C(N)=O)cc1. The van der Waals surface area contributed by atoms with Crippen molar-refractivity contribution in [2.24, 2.45) is 5.73 Å². The first-order chi connectivity index (χ1) is 22.6. The van der Waals surface area contributed by atoms with Gasteiger partial charge in [-0.15, -0.1) is 0 Å². The molecule has 1 amide bonds. The minimum atomic E-state index is -0.621. The van der Waals surface area contributed by atoms with Gasteiger partial charge in [0.05, 0.1) is 27.8 Å². The zero-order valence-electron chi connectivity index (χ0n) is 25.6. The van der Waals surface area contributed by atoms with Crippen molar-refractivity contribution in [2.45, 2.75) is 20.3 Å². The molecule has 0 atom stereocenters.